The van der Waals surface area contributed by atoms with E-state index in [1.54, 1.807) is 6.20 Å². The summed E-state index contributed by atoms with van der Waals surface area (Å²) < 4.78 is 0. The molecule has 1 aliphatic rings. The summed E-state index contributed by atoms with van der Waals surface area (Å²) in [4.78, 5) is 16.3. The van der Waals surface area contributed by atoms with E-state index >= 15 is 0 Å². The van der Waals surface area contributed by atoms with Gasteiger partial charge in [0.2, 0.25) is 5.91 Å². The maximum Gasteiger partial charge on any atom is 0.226 e. The van der Waals surface area contributed by atoms with Crippen LogP contribution in [0.1, 0.15) is 36.9 Å². The molecule has 18 heavy (non-hydrogen) atoms. The number of aryl methyl sites for hydroxylation is 1. The van der Waals surface area contributed by atoms with Crippen molar-refractivity contribution < 1.29 is 4.79 Å². The largest absolute Gasteiger partial charge is 0.349 e. The van der Waals surface area contributed by atoms with Gasteiger partial charge in [0.1, 0.15) is 0 Å². The van der Waals surface area contributed by atoms with E-state index in [0.29, 0.717) is 13.0 Å². The molecular formula is C14H21N3O. The molecule has 1 aromatic heterocycles. The number of nitrogens with two attached hydrogens (primary N) is 1. The van der Waals surface area contributed by atoms with Crippen LogP contribution in [-0.4, -0.2) is 23.0 Å². The molecule has 0 saturated heterocycles. The van der Waals surface area contributed by atoms with Gasteiger partial charge in [0.15, 0.2) is 0 Å². The van der Waals surface area contributed by atoms with Gasteiger partial charge in [0, 0.05) is 12.7 Å². The van der Waals surface area contributed by atoms with Crippen molar-refractivity contribution in [3.63, 3.8) is 0 Å². The van der Waals surface area contributed by atoms with Crippen LogP contribution in [-0.2, 0) is 11.2 Å². The minimum Gasteiger partial charge on any atom is -0.349 e. The van der Waals surface area contributed by atoms with Crippen molar-refractivity contribution in [2.75, 3.05) is 6.54 Å². The Balaban J connectivity index is 1.98. The Hall–Kier alpha value is -1.42. The van der Waals surface area contributed by atoms with E-state index in [-0.39, 0.29) is 11.4 Å². The summed E-state index contributed by atoms with van der Waals surface area (Å²) in [5.74, 6) is 0.0316. The molecule has 1 heterocycles. The average molecular weight is 247 g/mol. The van der Waals surface area contributed by atoms with Crippen molar-refractivity contribution in [3.8, 4) is 0 Å². The van der Waals surface area contributed by atoms with Gasteiger partial charge in [-0.05, 0) is 31.4 Å². The van der Waals surface area contributed by atoms with Crippen molar-refractivity contribution in [3.05, 3.63) is 29.6 Å². The van der Waals surface area contributed by atoms with E-state index < -0.39 is 0 Å². The zero-order valence-corrected chi connectivity index (χ0v) is 10.9. The number of carbonyl (C=O) groups is 1. The molecule has 0 atom stereocenters. The van der Waals surface area contributed by atoms with Gasteiger partial charge in [-0.3, -0.25) is 9.78 Å². The van der Waals surface area contributed by atoms with Crippen LogP contribution in [0.4, 0.5) is 0 Å². The van der Waals surface area contributed by atoms with Gasteiger partial charge in [-0.1, -0.05) is 18.9 Å². The highest BCUT2D eigenvalue weighted by Crippen LogP contribution is 2.28. The number of nitrogens with zero attached hydrogens (tertiary/aromatic N) is 1. The molecule has 1 fully saturated rings. The first-order valence-corrected chi connectivity index (χ1v) is 6.57. The number of hydrogen-bond donors (Lipinski definition) is 2. The van der Waals surface area contributed by atoms with Crippen molar-refractivity contribution in [1.82, 2.24) is 10.3 Å². The van der Waals surface area contributed by atoms with Gasteiger partial charge in [-0.2, -0.15) is 0 Å². The fourth-order valence-electron chi connectivity index (χ4n) is 2.63. The monoisotopic (exact) mass is 247 g/mol. The lowest BCUT2D eigenvalue weighted by atomic mass is 9.97. The van der Waals surface area contributed by atoms with Crippen molar-refractivity contribution >= 4 is 5.91 Å². The fraction of sp³-hybridized carbons (Fsp3) is 0.571. The predicted octanol–water partition coefficient (Wildman–Crippen LogP) is 1.32. The molecule has 3 N–H and O–H groups in total. The lowest BCUT2D eigenvalue weighted by Crippen LogP contribution is -2.52. The third kappa shape index (κ3) is 2.88. The SMILES string of the molecule is Cc1cccnc1CC(=O)NC1(CN)CCCC1. The Bertz CT molecular complexity index is 425. The number of carbonyl (C=O) groups excluding carboxylic acids is 1. The third-order valence-corrected chi connectivity index (χ3v) is 3.80. The van der Waals surface area contributed by atoms with Crippen molar-refractivity contribution in [2.24, 2.45) is 5.73 Å². The van der Waals surface area contributed by atoms with Crippen LogP contribution in [0.5, 0.6) is 0 Å². The summed E-state index contributed by atoms with van der Waals surface area (Å²) in [6.45, 7) is 2.50. The smallest absolute Gasteiger partial charge is 0.226 e. The molecule has 0 radical (unpaired) electrons. The van der Waals surface area contributed by atoms with Crippen LogP contribution in [0.3, 0.4) is 0 Å². The number of nitrogens with one attached hydrogen (secondary N) is 1. The van der Waals surface area contributed by atoms with E-state index in [0.717, 1.165) is 36.9 Å². The third-order valence-electron chi connectivity index (χ3n) is 3.80. The van der Waals surface area contributed by atoms with E-state index in [1.165, 1.54) is 0 Å². The highest BCUT2D eigenvalue weighted by molar-refractivity contribution is 5.79. The van der Waals surface area contributed by atoms with E-state index in [9.17, 15) is 4.79 Å². The Kier molecular flexibility index (Phi) is 3.97. The second-order valence-electron chi connectivity index (χ2n) is 5.18. The van der Waals surface area contributed by atoms with E-state index in [1.807, 2.05) is 19.1 Å². The normalized spacial score (nSPS) is 17.7. The standard InChI is InChI=1S/C14H21N3O/c1-11-5-4-8-16-12(11)9-13(18)17-14(10-15)6-2-3-7-14/h4-5,8H,2-3,6-7,9-10,15H2,1H3,(H,17,18). The molecule has 1 amide bonds. The van der Waals surface area contributed by atoms with Gasteiger partial charge in [0.25, 0.3) is 0 Å². The molecule has 1 aliphatic carbocycles. The molecule has 0 aliphatic heterocycles. The molecule has 1 saturated carbocycles. The second kappa shape index (κ2) is 5.48. The Morgan fingerprint density at radius 3 is 2.83 bits per heavy atom. The van der Waals surface area contributed by atoms with Crippen LogP contribution in [0.2, 0.25) is 0 Å². The number of hydrogen-bond acceptors (Lipinski definition) is 3. The molecule has 1 aromatic rings. The Labute approximate surface area is 108 Å². The summed E-state index contributed by atoms with van der Waals surface area (Å²) in [7, 11) is 0. The van der Waals surface area contributed by atoms with Crippen LogP contribution in [0.25, 0.3) is 0 Å². The first-order valence-electron chi connectivity index (χ1n) is 6.57. The topological polar surface area (TPSA) is 68.0 Å². The molecule has 0 bridgehead atoms. The minimum atomic E-state index is -0.167. The van der Waals surface area contributed by atoms with Crippen LogP contribution >= 0.6 is 0 Å². The zero-order valence-electron chi connectivity index (χ0n) is 10.9. The maximum absolute atomic E-state index is 12.1. The number of pyridine rings is 1. The van der Waals surface area contributed by atoms with E-state index in [4.69, 9.17) is 5.73 Å². The minimum absolute atomic E-state index is 0.0316. The van der Waals surface area contributed by atoms with Gasteiger partial charge >= 0.3 is 0 Å². The van der Waals surface area contributed by atoms with E-state index in [2.05, 4.69) is 10.3 Å². The highest BCUT2D eigenvalue weighted by atomic mass is 16.1. The summed E-state index contributed by atoms with van der Waals surface area (Å²) in [6, 6.07) is 3.86. The molecule has 0 aromatic carbocycles. The Morgan fingerprint density at radius 2 is 2.22 bits per heavy atom. The first kappa shape index (κ1) is 13.0. The van der Waals surface area contributed by atoms with Gasteiger partial charge in [0.05, 0.1) is 17.7 Å². The first-order chi connectivity index (χ1) is 8.65. The van der Waals surface area contributed by atoms with Gasteiger partial charge in [-0.25, -0.2) is 0 Å². The van der Waals surface area contributed by atoms with Crippen molar-refractivity contribution in [2.45, 2.75) is 44.6 Å². The Morgan fingerprint density at radius 1 is 1.50 bits per heavy atom. The van der Waals surface area contributed by atoms with Gasteiger partial charge in [-0.15, -0.1) is 0 Å². The lowest BCUT2D eigenvalue weighted by Gasteiger charge is -2.28. The number of rotatable bonds is 4. The molecule has 98 valence electrons. The molecule has 2 rings (SSSR count). The number of aromatic nitrogens is 1. The summed E-state index contributed by atoms with van der Waals surface area (Å²) >= 11 is 0. The predicted molar refractivity (Wildman–Crippen MR) is 71.1 cm³/mol. The van der Waals surface area contributed by atoms with Crippen LogP contribution in [0.15, 0.2) is 18.3 Å². The molecule has 4 nitrogen and oxygen atoms in total. The number of amides is 1. The van der Waals surface area contributed by atoms with Crippen LogP contribution in [0, 0.1) is 6.92 Å². The quantitative estimate of drug-likeness (QED) is 0.843. The molecule has 0 unspecified atom stereocenters. The fourth-order valence-corrected chi connectivity index (χ4v) is 2.63. The molecular weight excluding hydrogens is 226 g/mol. The lowest BCUT2D eigenvalue weighted by molar-refractivity contribution is -0.122. The highest BCUT2D eigenvalue weighted by Gasteiger charge is 2.33. The molecule has 4 heteroatoms. The zero-order chi connectivity index (χ0) is 13.0. The second-order valence-corrected chi connectivity index (χ2v) is 5.18. The summed E-state index contributed by atoms with van der Waals surface area (Å²) in [5.41, 5.74) is 7.55. The summed E-state index contributed by atoms with van der Waals surface area (Å²) in [6.07, 6.45) is 6.37. The molecule has 0 spiro atoms. The average Bonchev–Trinajstić information content (AvgIpc) is 2.81. The maximum atomic E-state index is 12.1. The van der Waals surface area contributed by atoms with Crippen LogP contribution < -0.4 is 11.1 Å². The summed E-state index contributed by atoms with van der Waals surface area (Å²) in [5, 5.41) is 3.11. The van der Waals surface area contributed by atoms with Crippen molar-refractivity contribution in [1.29, 1.82) is 0 Å². The van der Waals surface area contributed by atoms with Gasteiger partial charge < -0.3 is 11.1 Å².